The number of hydrogen-bond donors (Lipinski definition) is 1. The van der Waals surface area contributed by atoms with E-state index >= 15 is 0 Å². The first-order chi connectivity index (χ1) is 12.3. The van der Waals surface area contributed by atoms with Gasteiger partial charge in [-0.25, -0.2) is 18.7 Å². The molecule has 0 atom stereocenters. The van der Waals surface area contributed by atoms with Crippen LogP contribution in [0.5, 0.6) is 0 Å². The van der Waals surface area contributed by atoms with Gasteiger partial charge in [-0.05, 0) is 32.0 Å². The summed E-state index contributed by atoms with van der Waals surface area (Å²) in [5.41, 5.74) is -0.797. The number of ether oxygens (including phenoxy) is 1. The molecule has 0 saturated heterocycles. The molecule has 3 rings (SSSR count). The molecule has 1 N–H and O–H groups in total. The minimum Gasteiger partial charge on any atom is -0.459 e. The van der Waals surface area contributed by atoms with E-state index in [0.717, 1.165) is 10.6 Å². The van der Waals surface area contributed by atoms with Crippen molar-refractivity contribution in [1.29, 1.82) is 0 Å². The minimum atomic E-state index is -4.36. The fourth-order valence-electron chi connectivity index (χ4n) is 2.08. The zero-order valence-electron chi connectivity index (χ0n) is 13.7. The van der Waals surface area contributed by atoms with Crippen LogP contribution in [0.25, 0.3) is 5.78 Å². The Morgan fingerprint density at radius 2 is 2.08 bits per heavy atom. The molecule has 0 unspecified atom stereocenters. The number of esters is 1. The first kappa shape index (κ1) is 17.7. The third-order valence-electron chi connectivity index (χ3n) is 3.15. The fourth-order valence-corrected chi connectivity index (χ4v) is 3.05. The molecule has 0 aliphatic carbocycles. The molecular formula is C15H14FN5O4S. The largest absolute Gasteiger partial charge is 0.459 e. The van der Waals surface area contributed by atoms with Crippen LogP contribution in [0.1, 0.15) is 24.2 Å². The van der Waals surface area contributed by atoms with Gasteiger partial charge in [-0.15, -0.1) is 5.10 Å². The highest BCUT2D eigenvalue weighted by atomic mass is 32.2. The smallest absolute Gasteiger partial charge is 0.340 e. The topological polar surface area (TPSA) is 116 Å². The molecule has 3 aromatic rings. The average Bonchev–Trinajstić information content (AvgIpc) is 3.01. The van der Waals surface area contributed by atoms with E-state index in [-0.39, 0.29) is 11.3 Å². The van der Waals surface area contributed by atoms with E-state index in [4.69, 9.17) is 4.74 Å². The number of sulfonamides is 1. The Morgan fingerprint density at radius 1 is 1.31 bits per heavy atom. The summed E-state index contributed by atoms with van der Waals surface area (Å²) in [4.78, 5) is 19.8. The number of anilines is 1. The van der Waals surface area contributed by atoms with Gasteiger partial charge in [0.25, 0.3) is 21.0 Å². The van der Waals surface area contributed by atoms with E-state index in [0.29, 0.717) is 0 Å². The monoisotopic (exact) mass is 379 g/mol. The summed E-state index contributed by atoms with van der Waals surface area (Å²) in [5, 5.41) is 3.18. The number of aromatic nitrogens is 4. The van der Waals surface area contributed by atoms with Crippen molar-refractivity contribution in [2.75, 3.05) is 4.72 Å². The number of nitrogens with zero attached hydrogens (tertiary/aromatic N) is 4. The van der Waals surface area contributed by atoms with Crippen LogP contribution in [0.4, 0.5) is 10.1 Å². The summed E-state index contributed by atoms with van der Waals surface area (Å²) in [7, 11) is -4.36. The first-order valence-electron chi connectivity index (χ1n) is 7.47. The number of carbonyl (C=O) groups excluding carboxylic acids is 1. The van der Waals surface area contributed by atoms with Gasteiger partial charge in [0.1, 0.15) is 5.82 Å². The Labute approximate surface area is 147 Å². The summed E-state index contributed by atoms with van der Waals surface area (Å²) in [6.45, 7) is 3.24. The van der Waals surface area contributed by atoms with Crippen LogP contribution in [-0.4, -0.2) is 40.1 Å². The van der Waals surface area contributed by atoms with Crippen molar-refractivity contribution in [2.24, 2.45) is 0 Å². The number of halogens is 1. The van der Waals surface area contributed by atoms with Gasteiger partial charge in [0.05, 0.1) is 17.4 Å². The summed E-state index contributed by atoms with van der Waals surface area (Å²) < 4.78 is 47.4. The van der Waals surface area contributed by atoms with Crippen LogP contribution in [0.15, 0.2) is 41.8 Å². The maximum absolute atomic E-state index is 14.2. The molecule has 2 heterocycles. The van der Waals surface area contributed by atoms with Crippen LogP contribution in [-0.2, 0) is 14.8 Å². The normalized spacial score (nSPS) is 11.7. The maximum atomic E-state index is 14.2. The lowest BCUT2D eigenvalue weighted by Crippen LogP contribution is -2.20. The lowest BCUT2D eigenvalue weighted by Gasteiger charge is -2.13. The van der Waals surface area contributed by atoms with Crippen LogP contribution in [0.3, 0.4) is 0 Å². The molecular weight excluding hydrogens is 365 g/mol. The van der Waals surface area contributed by atoms with E-state index in [1.54, 1.807) is 19.9 Å². The van der Waals surface area contributed by atoms with Crippen molar-refractivity contribution in [2.45, 2.75) is 25.1 Å². The molecule has 9 nitrogen and oxygen atoms in total. The van der Waals surface area contributed by atoms with Gasteiger partial charge in [-0.1, -0.05) is 6.07 Å². The van der Waals surface area contributed by atoms with Crippen molar-refractivity contribution in [1.82, 2.24) is 19.6 Å². The van der Waals surface area contributed by atoms with Crippen molar-refractivity contribution in [3.8, 4) is 0 Å². The molecule has 0 spiro atoms. The van der Waals surface area contributed by atoms with E-state index < -0.39 is 38.8 Å². The number of rotatable bonds is 5. The molecule has 0 aliphatic rings. The van der Waals surface area contributed by atoms with Gasteiger partial charge >= 0.3 is 5.97 Å². The van der Waals surface area contributed by atoms with Gasteiger partial charge in [-0.2, -0.15) is 13.4 Å². The third-order valence-corrected chi connectivity index (χ3v) is 4.28. The highest BCUT2D eigenvalue weighted by Gasteiger charge is 2.26. The summed E-state index contributed by atoms with van der Waals surface area (Å²) >= 11 is 0. The lowest BCUT2D eigenvalue weighted by atomic mass is 10.2. The Bertz CT molecular complexity index is 1050. The van der Waals surface area contributed by atoms with E-state index in [1.807, 2.05) is 4.72 Å². The summed E-state index contributed by atoms with van der Waals surface area (Å²) in [6.07, 6.45) is 2.43. The van der Waals surface area contributed by atoms with E-state index in [1.165, 1.54) is 24.5 Å². The standard InChI is InChI=1S/C15H14FN5O4S/c1-9(2)25-13(22)10-5-3-6-11(16)12(10)20-26(23,24)15-18-14-17-7-4-8-21(14)19-15/h3-9,20H,1-2H3. The van der Waals surface area contributed by atoms with Gasteiger partial charge in [-0.3, -0.25) is 4.72 Å². The molecule has 0 bridgehead atoms. The molecule has 0 aliphatic heterocycles. The Hall–Kier alpha value is -3.08. The van der Waals surface area contributed by atoms with Gasteiger partial charge in [0.2, 0.25) is 0 Å². The third kappa shape index (κ3) is 3.47. The van der Waals surface area contributed by atoms with Crippen molar-refractivity contribution in [3.63, 3.8) is 0 Å². The van der Waals surface area contributed by atoms with Crippen molar-refractivity contribution < 1.29 is 22.3 Å². The molecule has 26 heavy (non-hydrogen) atoms. The summed E-state index contributed by atoms with van der Waals surface area (Å²) in [5.74, 6) is -1.74. The molecule has 0 saturated carbocycles. The van der Waals surface area contributed by atoms with E-state index in [9.17, 15) is 17.6 Å². The van der Waals surface area contributed by atoms with Crippen molar-refractivity contribution in [3.05, 3.63) is 48.0 Å². The average molecular weight is 379 g/mol. The van der Waals surface area contributed by atoms with Crippen molar-refractivity contribution >= 4 is 27.5 Å². The van der Waals surface area contributed by atoms with Crippen LogP contribution >= 0.6 is 0 Å². The molecule has 0 amide bonds. The number of fused-ring (bicyclic) bond motifs is 1. The number of hydrogen-bond acceptors (Lipinski definition) is 7. The minimum absolute atomic E-state index is 0.0563. The second-order valence-corrected chi connectivity index (χ2v) is 7.06. The number of para-hydroxylation sites is 1. The first-order valence-corrected chi connectivity index (χ1v) is 8.96. The van der Waals surface area contributed by atoms with Crippen LogP contribution < -0.4 is 4.72 Å². The Morgan fingerprint density at radius 3 is 2.77 bits per heavy atom. The number of benzene rings is 1. The zero-order valence-corrected chi connectivity index (χ0v) is 14.6. The molecule has 136 valence electrons. The fraction of sp³-hybridized carbons (Fsp3) is 0.200. The second kappa shape index (κ2) is 6.67. The molecule has 11 heteroatoms. The quantitative estimate of drug-likeness (QED) is 0.670. The zero-order chi connectivity index (χ0) is 18.9. The van der Waals surface area contributed by atoms with Gasteiger partial charge in [0, 0.05) is 12.4 Å². The highest BCUT2D eigenvalue weighted by Crippen LogP contribution is 2.24. The SMILES string of the molecule is CC(C)OC(=O)c1cccc(F)c1NS(=O)(=O)c1nc2ncccn2n1. The number of nitrogens with one attached hydrogen (secondary N) is 1. The second-order valence-electron chi connectivity index (χ2n) is 5.48. The lowest BCUT2D eigenvalue weighted by molar-refractivity contribution is 0.0378. The predicted molar refractivity (Wildman–Crippen MR) is 88.5 cm³/mol. The molecule has 0 fully saturated rings. The van der Waals surface area contributed by atoms with Gasteiger partial charge in [0.15, 0.2) is 0 Å². The highest BCUT2D eigenvalue weighted by molar-refractivity contribution is 7.92. The summed E-state index contributed by atoms with van der Waals surface area (Å²) in [6, 6.07) is 5.09. The Kier molecular flexibility index (Phi) is 4.55. The molecule has 1 aromatic carbocycles. The maximum Gasteiger partial charge on any atom is 0.340 e. The van der Waals surface area contributed by atoms with Crippen LogP contribution in [0, 0.1) is 5.82 Å². The van der Waals surface area contributed by atoms with Gasteiger partial charge < -0.3 is 4.74 Å². The molecule has 0 radical (unpaired) electrons. The molecule has 2 aromatic heterocycles. The Balaban J connectivity index is 2.00. The van der Waals surface area contributed by atoms with Crippen LogP contribution in [0.2, 0.25) is 0 Å². The predicted octanol–water partition coefficient (Wildman–Crippen LogP) is 1.63. The van der Waals surface area contributed by atoms with E-state index in [2.05, 4.69) is 15.1 Å². The number of carbonyl (C=O) groups is 1.